The lowest BCUT2D eigenvalue weighted by Gasteiger charge is -2.41. The van der Waals surface area contributed by atoms with Crippen molar-refractivity contribution in [2.24, 2.45) is 0 Å². The van der Waals surface area contributed by atoms with Gasteiger partial charge < -0.3 is 9.64 Å². The van der Waals surface area contributed by atoms with Gasteiger partial charge in [-0.2, -0.15) is 0 Å². The molecule has 2 saturated heterocycles. The van der Waals surface area contributed by atoms with E-state index in [0.717, 1.165) is 32.2 Å². The van der Waals surface area contributed by atoms with Crippen molar-refractivity contribution in [3.63, 3.8) is 0 Å². The largest absolute Gasteiger partial charge is 0.465 e. The number of rotatable bonds is 4. The van der Waals surface area contributed by atoms with E-state index in [9.17, 15) is 4.79 Å². The molecule has 2 aliphatic heterocycles. The molecule has 2 fully saturated rings. The van der Waals surface area contributed by atoms with Crippen LogP contribution in [0.4, 0.5) is 0 Å². The smallest absolute Gasteiger partial charge is 0.320 e. The highest BCUT2D eigenvalue weighted by Crippen LogP contribution is 2.17. The highest BCUT2D eigenvalue weighted by Gasteiger charge is 2.27. The Labute approximate surface area is 116 Å². The molecule has 0 aromatic rings. The maximum absolute atomic E-state index is 11.4. The summed E-state index contributed by atoms with van der Waals surface area (Å²) in [6.45, 7) is 9.39. The highest BCUT2D eigenvalue weighted by atomic mass is 16.5. The zero-order valence-corrected chi connectivity index (χ0v) is 12.3. The molecule has 0 spiro atoms. The molecule has 5 heteroatoms. The van der Waals surface area contributed by atoms with Crippen molar-refractivity contribution >= 4 is 5.97 Å². The van der Waals surface area contributed by atoms with E-state index in [-0.39, 0.29) is 5.97 Å². The summed E-state index contributed by atoms with van der Waals surface area (Å²) in [7, 11) is 2.20. The second-order valence-corrected chi connectivity index (χ2v) is 5.65. The monoisotopic (exact) mass is 269 g/mol. The molecule has 0 unspecified atom stereocenters. The molecular weight excluding hydrogens is 242 g/mol. The van der Waals surface area contributed by atoms with Gasteiger partial charge in [0.25, 0.3) is 0 Å². The van der Waals surface area contributed by atoms with Crippen LogP contribution in [0.5, 0.6) is 0 Å². The fourth-order valence-corrected chi connectivity index (χ4v) is 3.04. The Morgan fingerprint density at radius 3 is 2.32 bits per heavy atom. The maximum atomic E-state index is 11.4. The number of likely N-dealkylation sites (tertiary alicyclic amines) is 1. The summed E-state index contributed by atoms with van der Waals surface area (Å²) in [6.07, 6.45) is 2.57. The van der Waals surface area contributed by atoms with Crippen LogP contribution in [0.3, 0.4) is 0 Å². The minimum Gasteiger partial charge on any atom is -0.465 e. The van der Waals surface area contributed by atoms with Gasteiger partial charge in [0.2, 0.25) is 0 Å². The molecular formula is C14H27N3O2. The lowest BCUT2D eigenvalue weighted by molar-refractivity contribution is -0.144. The van der Waals surface area contributed by atoms with Crippen molar-refractivity contribution in [1.82, 2.24) is 14.7 Å². The van der Waals surface area contributed by atoms with Crippen LogP contribution < -0.4 is 0 Å². The summed E-state index contributed by atoms with van der Waals surface area (Å²) in [5.74, 6) is -0.0877. The van der Waals surface area contributed by atoms with Crippen molar-refractivity contribution in [2.45, 2.75) is 25.8 Å². The predicted molar refractivity (Wildman–Crippen MR) is 75.2 cm³/mol. The zero-order chi connectivity index (χ0) is 13.7. The molecule has 0 aliphatic carbocycles. The van der Waals surface area contributed by atoms with Crippen molar-refractivity contribution in [2.75, 3.05) is 59.5 Å². The number of hydrogen-bond acceptors (Lipinski definition) is 5. The second-order valence-electron chi connectivity index (χ2n) is 5.65. The van der Waals surface area contributed by atoms with Crippen LogP contribution >= 0.6 is 0 Å². The first-order valence-electron chi connectivity index (χ1n) is 7.49. The lowest BCUT2D eigenvalue weighted by Crippen LogP contribution is -2.53. The maximum Gasteiger partial charge on any atom is 0.320 e. The number of carbonyl (C=O) groups is 1. The molecule has 2 rings (SSSR count). The van der Waals surface area contributed by atoms with E-state index in [4.69, 9.17) is 4.74 Å². The minimum absolute atomic E-state index is 0.0877. The Morgan fingerprint density at radius 1 is 1.11 bits per heavy atom. The summed E-state index contributed by atoms with van der Waals surface area (Å²) in [5, 5.41) is 0. The van der Waals surface area contributed by atoms with Gasteiger partial charge >= 0.3 is 5.97 Å². The number of piperazine rings is 1. The molecule has 0 aromatic heterocycles. The molecule has 0 atom stereocenters. The zero-order valence-electron chi connectivity index (χ0n) is 12.3. The van der Waals surface area contributed by atoms with Crippen molar-refractivity contribution < 1.29 is 9.53 Å². The minimum atomic E-state index is -0.0877. The molecule has 110 valence electrons. The number of hydrogen-bond donors (Lipinski definition) is 0. The van der Waals surface area contributed by atoms with Gasteiger partial charge in [0, 0.05) is 32.2 Å². The lowest BCUT2D eigenvalue weighted by atomic mass is 10.0. The van der Waals surface area contributed by atoms with Gasteiger partial charge in [-0.05, 0) is 39.9 Å². The Hall–Kier alpha value is -0.650. The number of carbonyl (C=O) groups excluding carboxylic acids is 1. The van der Waals surface area contributed by atoms with Gasteiger partial charge in [-0.15, -0.1) is 0 Å². The normalized spacial score (nSPS) is 24.5. The molecule has 5 nitrogen and oxygen atoms in total. The number of nitrogens with zero attached hydrogens (tertiary/aromatic N) is 3. The topological polar surface area (TPSA) is 36.0 Å². The number of piperidine rings is 1. The highest BCUT2D eigenvalue weighted by molar-refractivity contribution is 5.71. The third-order valence-corrected chi connectivity index (χ3v) is 4.27. The van der Waals surface area contributed by atoms with Gasteiger partial charge in [-0.1, -0.05) is 0 Å². The fourth-order valence-electron chi connectivity index (χ4n) is 3.04. The summed E-state index contributed by atoms with van der Waals surface area (Å²) in [5.41, 5.74) is 0. The Kier molecular flexibility index (Phi) is 5.60. The van der Waals surface area contributed by atoms with Crippen LogP contribution in [0.2, 0.25) is 0 Å². The summed E-state index contributed by atoms with van der Waals surface area (Å²) >= 11 is 0. The molecule has 0 saturated carbocycles. The summed E-state index contributed by atoms with van der Waals surface area (Å²) < 4.78 is 5.00. The third kappa shape index (κ3) is 4.44. The molecule has 0 radical (unpaired) electrons. The van der Waals surface area contributed by atoms with E-state index in [0.29, 0.717) is 13.2 Å². The first-order valence-corrected chi connectivity index (χ1v) is 7.49. The van der Waals surface area contributed by atoms with Crippen LogP contribution in [-0.4, -0.2) is 86.2 Å². The van der Waals surface area contributed by atoms with Crippen LogP contribution in [0.15, 0.2) is 0 Å². The molecule has 0 aromatic carbocycles. The quantitative estimate of drug-likeness (QED) is 0.684. The second kappa shape index (κ2) is 7.22. The van der Waals surface area contributed by atoms with Crippen LogP contribution in [0.1, 0.15) is 19.8 Å². The molecule has 0 bridgehead atoms. The SMILES string of the molecule is CCOC(=O)CN1CCN(C2CCN(C)CC2)CC1. The Bertz CT molecular complexity index is 282. The molecule has 2 heterocycles. The van der Waals surface area contributed by atoms with E-state index in [1.54, 1.807) is 0 Å². The van der Waals surface area contributed by atoms with Gasteiger partial charge in [-0.25, -0.2) is 0 Å². The summed E-state index contributed by atoms with van der Waals surface area (Å²) in [4.78, 5) is 18.7. The first-order chi connectivity index (χ1) is 9.19. The Balaban J connectivity index is 1.69. The van der Waals surface area contributed by atoms with E-state index >= 15 is 0 Å². The van der Waals surface area contributed by atoms with Gasteiger partial charge in [0.05, 0.1) is 13.2 Å². The molecule has 0 N–H and O–H groups in total. The van der Waals surface area contributed by atoms with Crippen LogP contribution in [0.25, 0.3) is 0 Å². The van der Waals surface area contributed by atoms with Gasteiger partial charge in [-0.3, -0.25) is 14.6 Å². The van der Waals surface area contributed by atoms with E-state index in [1.807, 2.05) is 6.92 Å². The van der Waals surface area contributed by atoms with Gasteiger partial charge in [0.1, 0.15) is 0 Å². The standard InChI is InChI=1S/C14H27N3O2/c1-3-19-14(18)12-16-8-10-17(11-9-16)13-4-6-15(2)7-5-13/h13H,3-12H2,1-2H3. The van der Waals surface area contributed by atoms with Gasteiger partial charge in [0.15, 0.2) is 0 Å². The van der Waals surface area contributed by atoms with Crippen molar-refractivity contribution in [3.8, 4) is 0 Å². The number of ether oxygens (including phenoxy) is 1. The first kappa shape index (κ1) is 14.8. The average Bonchev–Trinajstić information content (AvgIpc) is 2.41. The van der Waals surface area contributed by atoms with Crippen LogP contribution in [0, 0.1) is 0 Å². The van der Waals surface area contributed by atoms with E-state index in [1.165, 1.54) is 25.9 Å². The molecule has 0 amide bonds. The molecule has 19 heavy (non-hydrogen) atoms. The average molecular weight is 269 g/mol. The predicted octanol–water partition coefficient (Wildman–Crippen LogP) is 0.261. The number of esters is 1. The van der Waals surface area contributed by atoms with E-state index in [2.05, 4.69) is 21.7 Å². The Morgan fingerprint density at radius 2 is 1.74 bits per heavy atom. The van der Waals surface area contributed by atoms with Crippen molar-refractivity contribution in [3.05, 3.63) is 0 Å². The van der Waals surface area contributed by atoms with Crippen molar-refractivity contribution in [1.29, 1.82) is 0 Å². The fraction of sp³-hybridized carbons (Fsp3) is 0.929. The molecule has 2 aliphatic rings. The van der Waals surface area contributed by atoms with E-state index < -0.39 is 0 Å². The summed E-state index contributed by atoms with van der Waals surface area (Å²) in [6, 6.07) is 0.751. The van der Waals surface area contributed by atoms with Crippen LogP contribution in [-0.2, 0) is 9.53 Å². The third-order valence-electron chi connectivity index (χ3n) is 4.27.